The molecule has 1 atom stereocenters. The Morgan fingerprint density at radius 2 is 2.00 bits per heavy atom. The van der Waals surface area contributed by atoms with Gasteiger partial charge in [-0.25, -0.2) is 0 Å². The van der Waals surface area contributed by atoms with E-state index in [0.29, 0.717) is 0 Å². The summed E-state index contributed by atoms with van der Waals surface area (Å²) in [4.78, 5) is 11.2. The molecule has 0 saturated heterocycles. The molecule has 0 aliphatic heterocycles. The van der Waals surface area contributed by atoms with Crippen LogP contribution in [0.1, 0.15) is 44.4 Å². The van der Waals surface area contributed by atoms with E-state index in [0.717, 1.165) is 10.0 Å². The smallest absolute Gasteiger partial charge is 0.307 e. The van der Waals surface area contributed by atoms with E-state index in [-0.39, 0.29) is 23.8 Å². The van der Waals surface area contributed by atoms with E-state index in [2.05, 4.69) is 53.6 Å². The minimum Gasteiger partial charge on any atom is -0.469 e. The highest BCUT2D eigenvalue weighted by molar-refractivity contribution is 9.10. The molecule has 1 aromatic rings. The lowest BCUT2D eigenvalue weighted by Gasteiger charge is -2.22. The Hall–Kier alpha value is -0.870. The highest BCUT2D eigenvalue weighted by Crippen LogP contribution is 2.29. The Morgan fingerprint density at radius 1 is 1.39 bits per heavy atom. The van der Waals surface area contributed by atoms with E-state index in [1.165, 1.54) is 12.7 Å². The third-order valence-electron chi connectivity index (χ3n) is 2.83. The molecule has 100 valence electrons. The van der Waals surface area contributed by atoms with E-state index in [4.69, 9.17) is 5.73 Å². The Morgan fingerprint density at radius 3 is 2.50 bits per heavy atom. The molecule has 3 nitrogen and oxygen atoms in total. The molecule has 0 aromatic heterocycles. The molecule has 0 saturated carbocycles. The molecule has 18 heavy (non-hydrogen) atoms. The maximum atomic E-state index is 11.2. The minimum atomic E-state index is -0.337. The molecular formula is C14H20BrNO2. The summed E-state index contributed by atoms with van der Waals surface area (Å²) in [5.41, 5.74) is 8.21. The average molecular weight is 314 g/mol. The number of rotatable bonds is 3. The maximum Gasteiger partial charge on any atom is 0.307 e. The van der Waals surface area contributed by atoms with Crippen LogP contribution < -0.4 is 5.73 Å². The number of hydrogen-bond acceptors (Lipinski definition) is 3. The molecule has 0 aliphatic carbocycles. The van der Waals surface area contributed by atoms with Crippen molar-refractivity contribution in [3.8, 4) is 0 Å². The molecule has 0 spiro atoms. The van der Waals surface area contributed by atoms with E-state index in [1.54, 1.807) is 0 Å². The SMILES string of the molecule is COC(=O)CC(N)c1cc(Br)cc(C(C)(C)C)c1. The number of methoxy groups -OCH3 is 1. The lowest BCUT2D eigenvalue weighted by Crippen LogP contribution is -2.18. The van der Waals surface area contributed by atoms with Crippen molar-refractivity contribution < 1.29 is 9.53 Å². The van der Waals surface area contributed by atoms with Crippen LogP contribution in [0.4, 0.5) is 0 Å². The summed E-state index contributed by atoms with van der Waals surface area (Å²) in [5, 5.41) is 0. The average Bonchev–Trinajstić information content (AvgIpc) is 2.26. The second-order valence-corrected chi connectivity index (χ2v) is 6.33. The summed E-state index contributed by atoms with van der Waals surface area (Å²) in [6.45, 7) is 6.43. The van der Waals surface area contributed by atoms with E-state index < -0.39 is 0 Å². The first-order valence-corrected chi connectivity index (χ1v) is 6.66. The molecule has 0 amide bonds. The fourth-order valence-electron chi connectivity index (χ4n) is 1.64. The third kappa shape index (κ3) is 4.10. The van der Waals surface area contributed by atoms with Gasteiger partial charge in [-0.2, -0.15) is 0 Å². The first-order valence-electron chi connectivity index (χ1n) is 5.87. The maximum absolute atomic E-state index is 11.2. The zero-order valence-corrected chi connectivity index (χ0v) is 12.9. The predicted molar refractivity (Wildman–Crippen MR) is 76.4 cm³/mol. The number of esters is 1. The predicted octanol–water partition coefficient (Wildman–Crippen LogP) is 3.31. The van der Waals surface area contributed by atoms with Crippen LogP contribution in [0.3, 0.4) is 0 Å². The number of carbonyl (C=O) groups excluding carboxylic acids is 1. The molecule has 0 bridgehead atoms. The van der Waals surface area contributed by atoms with Gasteiger partial charge in [0.2, 0.25) is 0 Å². The van der Waals surface area contributed by atoms with Crippen LogP contribution in [-0.4, -0.2) is 13.1 Å². The summed E-state index contributed by atoms with van der Waals surface area (Å²) in [5.74, 6) is -0.292. The lowest BCUT2D eigenvalue weighted by molar-refractivity contribution is -0.141. The fraction of sp³-hybridized carbons (Fsp3) is 0.500. The molecule has 1 rings (SSSR count). The Balaban J connectivity index is 3.03. The van der Waals surface area contributed by atoms with Crippen LogP contribution in [-0.2, 0) is 14.9 Å². The van der Waals surface area contributed by atoms with Crippen molar-refractivity contribution in [3.63, 3.8) is 0 Å². The van der Waals surface area contributed by atoms with Gasteiger partial charge in [-0.1, -0.05) is 42.8 Å². The number of hydrogen-bond donors (Lipinski definition) is 1. The summed E-state index contributed by atoms with van der Waals surface area (Å²) < 4.78 is 5.62. The van der Waals surface area contributed by atoms with Crippen molar-refractivity contribution in [3.05, 3.63) is 33.8 Å². The molecule has 0 heterocycles. The number of nitrogens with two attached hydrogens (primary N) is 1. The van der Waals surface area contributed by atoms with Gasteiger partial charge in [-0.3, -0.25) is 4.79 Å². The van der Waals surface area contributed by atoms with Crippen molar-refractivity contribution in [1.29, 1.82) is 0 Å². The fourth-order valence-corrected chi connectivity index (χ4v) is 2.15. The first kappa shape index (κ1) is 15.2. The highest BCUT2D eigenvalue weighted by atomic mass is 79.9. The van der Waals surface area contributed by atoms with Crippen molar-refractivity contribution in [1.82, 2.24) is 0 Å². The second kappa shape index (κ2) is 5.85. The van der Waals surface area contributed by atoms with Crippen LogP contribution in [0.2, 0.25) is 0 Å². The first-order chi connectivity index (χ1) is 8.24. The molecule has 0 aliphatic rings. The van der Waals surface area contributed by atoms with Crippen LogP contribution in [0.5, 0.6) is 0 Å². The van der Waals surface area contributed by atoms with Crippen molar-refractivity contribution in [2.45, 2.75) is 38.6 Å². The molecule has 0 fully saturated rings. The zero-order valence-electron chi connectivity index (χ0n) is 11.3. The van der Waals surface area contributed by atoms with Crippen LogP contribution >= 0.6 is 15.9 Å². The normalized spacial score (nSPS) is 13.2. The van der Waals surface area contributed by atoms with Crippen LogP contribution in [0, 0.1) is 0 Å². The summed E-state index contributed by atoms with van der Waals surface area (Å²) in [6, 6.07) is 5.74. The third-order valence-corrected chi connectivity index (χ3v) is 3.29. The lowest BCUT2D eigenvalue weighted by atomic mass is 9.85. The monoisotopic (exact) mass is 313 g/mol. The topological polar surface area (TPSA) is 52.3 Å². The standard InChI is InChI=1S/C14H20BrNO2/c1-14(2,3)10-5-9(6-11(15)7-10)12(16)8-13(17)18-4/h5-7,12H,8,16H2,1-4H3. The van der Waals surface area contributed by atoms with Gasteiger partial charge in [0.25, 0.3) is 0 Å². The summed E-state index contributed by atoms with van der Waals surface area (Å²) in [7, 11) is 1.37. The van der Waals surface area contributed by atoms with Crippen molar-refractivity contribution >= 4 is 21.9 Å². The van der Waals surface area contributed by atoms with Gasteiger partial charge in [0.1, 0.15) is 0 Å². The molecule has 2 N–H and O–H groups in total. The van der Waals surface area contributed by atoms with Gasteiger partial charge in [-0.15, -0.1) is 0 Å². The van der Waals surface area contributed by atoms with Gasteiger partial charge in [0, 0.05) is 10.5 Å². The Kier molecular flexibility index (Phi) is 4.93. The largest absolute Gasteiger partial charge is 0.469 e. The number of halogens is 1. The van der Waals surface area contributed by atoms with E-state index in [1.807, 2.05) is 6.07 Å². The number of benzene rings is 1. The summed E-state index contributed by atoms with van der Waals surface area (Å²) >= 11 is 3.49. The highest BCUT2D eigenvalue weighted by Gasteiger charge is 2.18. The molecule has 1 unspecified atom stereocenters. The van der Waals surface area contributed by atoms with Crippen molar-refractivity contribution in [2.24, 2.45) is 5.73 Å². The zero-order chi connectivity index (χ0) is 13.9. The quantitative estimate of drug-likeness (QED) is 0.871. The molecular weight excluding hydrogens is 294 g/mol. The second-order valence-electron chi connectivity index (χ2n) is 5.41. The number of ether oxygens (including phenoxy) is 1. The minimum absolute atomic E-state index is 0.0452. The van der Waals surface area contributed by atoms with Crippen LogP contribution in [0.25, 0.3) is 0 Å². The van der Waals surface area contributed by atoms with Crippen LogP contribution in [0.15, 0.2) is 22.7 Å². The molecule has 4 heteroatoms. The van der Waals surface area contributed by atoms with Gasteiger partial charge >= 0.3 is 5.97 Å². The van der Waals surface area contributed by atoms with Gasteiger partial charge in [0.05, 0.1) is 13.5 Å². The Labute approximate surface area is 117 Å². The van der Waals surface area contributed by atoms with E-state index >= 15 is 0 Å². The Bertz CT molecular complexity index is 438. The van der Waals surface area contributed by atoms with Gasteiger partial charge < -0.3 is 10.5 Å². The van der Waals surface area contributed by atoms with E-state index in [9.17, 15) is 4.79 Å². The van der Waals surface area contributed by atoms with Crippen molar-refractivity contribution in [2.75, 3.05) is 7.11 Å². The number of carbonyl (C=O) groups is 1. The summed E-state index contributed by atoms with van der Waals surface area (Å²) in [6.07, 6.45) is 0.191. The van der Waals surface area contributed by atoms with Gasteiger partial charge in [-0.05, 0) is 28.7 Å². The molecule has 0 radical (unpaired) electrons. The van der Waals surface area contributed by atoms with Gasteiger partial charge in [0.15, 0.2) is 0 Å². The molecule has 1 aromatic carbocycles.